The molecule has 1 aliphatic rings. The van der Waals surface area contributed by atoms with Crippen molar-refractivity contribution in [2.45, 2.75) is 24.8 Å². The van der Waals surface area contributed by atoms with E-state index in [0.717, 1.165) is 30.0 Å². The minimum absolute atomic E-state index is 0.214. The lowest BCUT2D eigenvalue weighted by molar-refractivity contribution is 0.438. The SMILES string of the molecule is CCCNCc1ccc(S(=O)(=O)N2CCSCC2)c(F)c1. The van der Waals surface area contributed by atoms with Crippen LogP contribution >= 0.6 is 11.8 Å². The van der Waals surface area contributed by atoms with Gasteiger partial charge in [0.15, 0.2) is 0 Å². The molecule has 1 saturated heterocycles. The third kappa shape index (κ3) is 4.18. The average Bonchev–Trinajstić information content (AvgIpc) is 2.48. The van der Waals surface area contributed by atoms with Crippen molar-refractivity contribution >= 4 is 21.8 Å². The standard InChI is InChI=1S/C14H21FN2O2S2/c1-2-5-16-11-12-3-4-14(13(15)10-12)21(18,19)17-6-8-20-9-7-17/h3-4,10,16H,2,5-9,11H2,1H3. The first kappa shape index (κ1) is 16.7. The van der Waals surface area contributed by atoms with E-state index in [9.17, 15) is 12.8 Å². The highest BCUT2D eigenvalue weighted by molar-refractivity contribution is 7.99. The highest BCUT2D eigenvalue weighted by atomic mass is 32.2. The van der Waals surface area contributed by atoms with E-state index in [0.29, 0.717) is 19.6 Å². The molecule has 1 aromatic rings. The zero-order valence-electron chi connectivity index (χ0n) is 12.1. The molecule has 21 heavy (non-hydrogen) atoms. The van der Waals surface area contributed by atoms with Gasteiger partial charge in [0.1, 0.15) is 10.7 Å². The molecule has 0 aliphatic carbocycles. The van der Waals surface area contributed by atoms with Crippen LogP contribution in [0.3, 0.4) is 0 Å². The zero-order chi connectivity index (χ0) is 15.3. The molecular weight excluding hydrogens is 311 g/mol. The van der Waals surface area contributed by atoms with Crippen LogP contribution < -0.4 is 5.32 Å². The predicted octanol–water partition coefficient (Wildman–Crippen LogP) is 2.06. The van der Waals surface area contributed by atoms with Gasteiger partial charge in [-0.2, -0.15) is 16.1 Å². The summed E-state index contributed by atoms with van der Waals surface area (Å²) in [5.74, 6) is 0.865. The summed E-state index contributed by atoms with van der Waals surface area (Å²) in [6.45, 7) is 4.36. The number of sulfonamides is 1. The molecule has 4 nitrogen and oxygen atoms in total. The highest BCUT2D eigenvalue weighted by Crippen LogP contribution is 2.23. The van der Waals surface area contributed by atoms with Gasteiger partial charge in [-0.25, -0.2) is 12.8 Å². The van der Waals surface area contributed by atoms with E-state index in [2.05, 4.69) is 12.2 Å². The highest BCUT2D eigenvalue weighted by Gasteiger charge is 2.28. The summed E-state index contributed by atoms with van der Waals surface area (Å²) in [6.07, 6.45) is 1.00. The number of nitrogens with one attached hydrogen (secondary N) is 1. The fourth-order valence-corrected chi connectivity index (χ4v) is 4.82. The van der Waals surface area contributed by atoms with Crippen molar-refractivity contribution in [1.82, 2.24) is 9.62 Å². The molecule has 1 fully saturated rings. The Labute approximate surface area is 130 Å². The second-order valence-electron chi connectivity index (χ2n) is 4.96. The van der Waals surface area contributed by atoms with E-state index >= 15 is 0 Å². The lowest BCUT2D eigenvalue weighted by Crippen LogP contribution is -2.38. The Hall–Kier alpha value is -0.630. The van der Waals surface area contributed by atoms with Gasteiger partial charge in [-0.3, -0.25) is 0 Å². The minimum atomic E-state index is -3.71. The van der Waals surface area contributed by atoms with Crippen LogP contribution in [0.1, 0.15) is 18.9 Å². The van der Waals surface area contributed by atoms with Crippen molar-refractivity contribution < 1.29 is 12.8 Å². The maximum absolute atomic E-state index is 14.2. The maximum atomic E-state index is 14.2. The quantitative estimate of drug-likeness (QED) is 0.810. The minimum Gasteiger partial charge on any atom is -0.313 e. The topological polar surface area (TPSA) is 49.4 Å². The van der Waals surface area contributed by atoms with E-state index < -0.39 is 15.8 Å². The fraction of sp³-hybridized carbons (Fsp3) is 0.571. The molecule has 0 bridgehead atoms. The Morgan fingerprint density at radius 1 is 1.33 bits per heavy atom. The zero-order valence-corrected chi connectivity index (χ0v) is 13.8. The van der Waals surface area contributed by atoms with Crippen LogP contribution in [0.2, 0.25) is 0 Å². The molecule has 0 unspecified atom stereocenters. The van der Waals surface area contributed by atoms with E-state index in [1.54, 1.807) is 17.8 Å². The number of nitrogens with zero attached hydrogens (tertiary/aromatic N) is 1. The van der Waals surface area contributed by atoms with E-state index in [1.165, 1.54) is 16.4 Å². The summed E-state index contributed by atoms with van der Waals surface area (Å²) < 4.78 is 40.4. The maximum Gasteiger partial charge on any atom is 0.246 e. The van der Waals surface area contributed by atoms with Gasteiger partial charge in [-0.05, 0) is 30.7 Å². The molecule has 1 heterocycles. The van der Waals surface area contributed by atoms with Crippen molar-refractivity contribution in [3.8, 4) is 0 Å². The number of halogens is 1. The average molecular weight is 332 g/mol. The normalized spacial score (nSPS) is 17.0. The first-order valence-electron chi connectivity index (χ1n) is 7.12. The van der Waals surface area contributed by atoms with E-state index in [-0.39, 0.29) is 4.90 Å². The van der Waals surface area contributed by atoms with Crippen molar-refractivity contribution in [3.05, 3.63) is 29.6 Å². The van der Waals surface area contributed by atoms with Gasteiger partial charge in [0, 0.05) is 31.1 Å². The molecule has 0 aromatic heterocycles. The smallest absolute Gasteiger partial charge is 0.246 e. The van der Waals surface area contributed by atoms with Crippen LogP contribution in [0.4, 0.5) is 4.39 Å². The molecule has 0 saturated carbocycles. The van der Waals surface area contributed by atoms with E-state index in [1.807, 2.05) is 0 Å². The van der Waals surface area contributed by atoms with Crippen LogP contribution in [0.15, 0.2) is 23.1 Å². The second-order valence-corrected chi connectivity index (χ2v) is 8.09. The van der Waals surface area contributed by atoms with Crippen LogP contribution in [0.5, 0.6) is 0 Å². The first-order chi connectivity index (χ1) is 10.1. The fourth-order valence-electron chi connectivity index (χ4n) is 2.20. The molecule has 1 aromatic carbocycles. The summed E-state index contributed by atoms with van der Waals surface area (Å²) in [5.41, 5.74) is 0.758. The summed E-state index contributed by atoms with van der Waals surface area (Å²) in [6, 6.07) is 4.38. The molecule has 1 N–H and O–H groups in total. The number of hydrogen-bond acceptors (Lipinski definition) is 4. The van der Waals surface area contributed by atoms with Crippen molar-refractivity contribution in [2.75, 3.05) is 31.1 Å². The van der Waals surface area contributed by atoms with E-state index in [4.69, 9.17) is 0 Å². The molecule has 1 aliphatic heterocycles. The summed E-state index contributed by atoms with van der Waals surface area (Å²) >= 11 is 1.72. The number of benzene rings is 1. The third-order valence-corrected chi connectivity index (χ3v) is 6.21. The van der Waals surface area contributed by atoms with Crippen LogP contribution in [0, 0.1) is 5.82 Å². The van der Waals surface area contributed by atoms with Crippen molar-refractivity contribution in [1.29, 1.82) is 0 Å². The van der Waals surface area contributed by atoms with Gasteiger partial charge in [-0.1, -0.05) is 13.0 Å². The van der Waals surface area contributed by atoms with Crippen LogP contribution in [0.25, 0.3) is 0 Å². The Bertz CT molecular complexity index is 572. The molecule has 0 atom stereocenters. The Balaban J connectivity index is 2.15. The van der Waals surface area contributed by atoms with Crippen molar-refractivity contribution in [3.63, 3.8) is 0 Å². The molecular formula is C14H21FN2O2S2. The first-order valence-corrected chi connectivity index (χ1v) is 9.72. The summed E-state index contributed by atoms with van der Waals surface area (Å²) in [7, 11) is -3.71. The van der Waals surface area contributed by atoms with Gasteiger partial charge in [0.05, 0.1) is 0 Å². The Kier molecular flexibility index (Phi) is 6.04. The van der Waals surface area contributed by atoms with Crippen LogP contribution in [-0.4, -0.2) is 43.9 Å². The molecule has 0 radical (unpaired) electrons. The van der Waals surface area contributed by atoms with Crippen molar-refractivity contribution in [2.24, 2.45) is 0 Å². The lowest BCUT2D eigenvalue weighted by Gasteiger charge is -2.25. The summed E-state index contributed by atoms with van der Waals surface area (Å²) in [4.78, 5) is -0.214. The molecule has 2 rings (SSSR count). The second kappa shape index (κ2) is 7.58. The van der Waals surface area contributed by atoms with Crippen LogP contribution in [-0.2, 0) is 16.6 Å². The largest absolute Gasteiger partial charge is 0.313 e. The van der Waals surface area contributed by atoms with Gasteiger partial charge < -0.3 is 5.32 Å². The van der Waals surface area contributed by atoms with Gasteiger partial charge in [0.2, 0.25) is 10.0 Å². The monoisotopic (exact) mass is 332 g/mol. The Morgan fingerprint density at radius 2 is 2.05 bits per heavy atom. The number of rotatable bonds is 6. The molecule has 0 amide bonds. The van der Waals surface area contributed by atoms with Gasteiger partial charge in [-0.15, -0.1) is 0 Å². The molecule has 7 heteroatoms. The lowest BCUT2D eigenvalue weighted by atomic mass is 10.2. The van der Waals surface area contributed by atoms with Gasteiger partial charge in [0.25, 0.3) is 0 Å². The van der Waals surface area contributed by atoms with Gasteiger partial charge >= 0.3 is 0 Å². The third-order valence-electron chi connectivity index (χ3n) is 3.34. The Morgan fingerprint density at radius 3 is 2.67 bits per heavy atom. The molecule has 118 valence electrons. The predicted molar refractivity (Wildman–Crippen MR) is 84.5 cm³/mol. The number of hydrogen-bond donors (Lipinski definition) is 1. The number of thioether (sulfide) groups is 1. The molecule has 0 spiro atoms. The summed E-state index contributed by atoms with van der Waals surface area (Å²) in [5, 5.41) is 3.17.